The van der Waals surface area contributed by atoms with E-state index < -0.39 is 36.5 Å². The Labute approximate surface area is 554 Å². The average Bonchev–Trinajstić information content (AvgIpc) is 1.65. The summed E-state index contributed by atoms with van der Waals surface area (Å²) in [4.78, 5) is 80.6. The fourth-order valence-electron chi connectivity index (χ4n) is 11.8. The Morgan fingerprint density at radius 2 is 0.813 bits per heavy atom. The summed E-state index contributed by atoms with van der Waals surface area (Å²) in [5.74, 6) is -1.44. The lowest BCUT2D eigenvalue weighted by Crippen LogP contribution is -2.26. The lowest BCUT2D eigenvalue weighted by molar-refractivity contribution is -0.147. The van der Waals surface area contributed by atoms with Gasteiger partial charge in [0.15, 0.2) is 0 Å². The third-order valence-corrected chi connectivity index (χ3v) is 21.3. The highest BCUT2D eigenvalue weighted by Crippen LogP contribution is 2.53. The van der Waals surface area contributed by atoms with Crippen molar-refractivity contribution in [1.82, 2.24) is 19.0 Å². The van der Waals surface area contributed by atoms with E-state index in [1.54, 1.807) is 102 Å². The van der Waals surface area contributed by atoms with Crippen molar-refractivity contribution in [2.75, 3.05) is 13.2 Å². The zero-order chi connectivity index (χ0) is 65.4. The van der Waals surface area contributed by atoms with Crippen molar-refractivity contribution in [3.05, 3.63) is 237 Å². The molecule has 0 bridgehead atoms. The van der Waals surface area contributed by atoms with Crippen molar-refractivity contribution in [2.45, 2.75) is 111 Å². The van der Waals surface area contributed by atoms with Crippen molar-refractivity contribution < 1.29 is 38.4 Å². The molecular formula is C70H69Cl3N4O11S3. The van der Waals surface area contributed by atoms with Gasteiger partial charge in [-0.15, -0.1) is 34.0 Å². The van der Waals surface area contributed by atoms with E-state index >= 15 is 0 Å². The first-order valence-corrected chi connectivity index (χ1v) is 33.2. The van der Waals surface area contributed by atoms with Crippen LogP contribution in [0.3, 0.4) is 0 Å². The summed E-state index contributed by atoms with van der Waals surface area (Å²) in [5, 5.41) is 14.3. The molecule has 6 atom stereocenters. The smallest absolute Gasteiger partial charge is 0.308 e. The molecule has 91 heavy (non-hydrogen) atoms. The minimum absolute atomic E-state index is 0.0328. The van der Waals surface area contributed by atoms with Crippen LogP contribution in [0, 0.1) is 41.5 Å². The van der Waals surface area contributed by atoms with E-state index in [2.05, 4.69) is 46.9 Å². The number of hydrogen-bond donors (Lipinski definition) is 2. The van der Waals surface area contributed by atoms with Crippen LogP contribution in [0.1, 0.15) is 151 Å². The SMILES string of the molecule is CCNC(=O)CC1OC(c2ccc(Cl)cc2)c2c(sc(C)c2C)-c2cn(C)c(=O)cc21.CCOC(=O)CC1OC(c2ccc(Cl)cc2)c2c(sc(C)c2C)-c2cn(C)c(=O)cc21.Cc1sc2c(c1C)C(c1ccc(Cl)cc1)OC(CC(=O)O)c1cc(=O)n(C)cc1-2. The minimum Gasteiger partial charge on any atom is -0.481 e. The van der Waals surface area contributed by atoms with Crippen LogP contribution < -0.4 is 22.0 Å². The van der Waals surface area contributed by atoms with Gasteiger partial charge >= 0.3 is 11.9 Å². The first-order chi connectivity index (χ1) is 43.3. The number of pyridine rings is 3. The molecule has 0 fully saturated rings. The number of benzene rings is 3. The van der Waals surface area contributed by atoms with Crippen molar-refractivity contribution in [3.63, 3.8) is 0 Å². The number of halogens is 3. The summed E-state index contributed by atoms with van der Waals surface area (Å²) in [6.45, 7) is 17.0. The largest absolute Gasteiger partial charge is 0.481 e. The second kappa shape index (κ2) is 27.9. The van der Waals surface area contributed by atoms with Gasteiger partial charge in [-0.3, -0.25) is 28.8 Å². The number of hydrogen-bond acceptors (Lipinski definition) is 13. The number of nitrogens with one attached hydrogen (secondary N) is 1. The molecule has 15 nitrogen and oxygen atoms in total. The summed E-state index contributed by atoms with van der Waals surface area (Å²) in [6, 6.07) is 27.3. The number of thiophene rings is 3. The fraction of sp³-hybridized carbons (Fsp3) is 0.314. The zero-order valence-corrected chi connectivity index (χ0v) is 56.8. The van der Waals surface area contributed by atoms with E-state index in [9.17, 15) is 33.9 Å². The predicted octanol–water partition coefficient (Wildman–Crippen LogP) is 15.6. The molecular weight excluding hydrogens is 1280 g/mol. The third-order valence-electron chi connectivity index (χ3n) is 16.8. The van der Waals surface area contributed by atoms with Crippen molar-refractivity contribution in [3.8, 4) is 31.3 Å². The van der Waals surface area contributed by atoms with Crippen molar-refractivity contribution in [2.24, 2.45) is 21.1 Å². The van der Waals surface area contributed by atoms with Crippen molar-refractivity contribution >= 4 is 86.7 Å². The van der Waals surface area contributed by atoms with Gasteiger partial charge in [-0.2, -0.15) is 0 Å². The first kappa shape index (κ1) is 66.7. The molecule has 474 valence electrons. The topological polar surface area (TPSA) is 186 Å². The van der Waals surface area contributed by atoms with Gasteiger partial charge in [0.1, 0.15) is 18.3 Å². The molecule has 6 aromatic heterocycles. The fourth-order valence-corrected chi connectivity index (χ4v) is 15.8. The normalized spacial score (nSPS) is 17.7. The quantitative estimate of drug-likeness (QED) is 0.117. The number of rotatable bonds is 11. The highest BCUT2D eigenvalue weighted by Gasteiger charge is 2.39. The van der Waals surface area contributed by atoms with Crippen LogP contribution in [0.15, 0.2) is 124 Å². The molecule has 0 spiro atoms. The van der Waals surface area contributed by atoms with E-state index in [0.717, 1.165) is 91.8 Å². The van der Waals surface area contributed by atoms with Gasteiger partial charge < -0.3 is 43.1 Å². The van der Waals surface area contributed by atoms with Gasteiger partial charge in [-0.05, 0) is 142 Å². The Hall–Kier alpha value is -7.23. The molecule has 0 radical (unpaired) electrons. The molecule has 0 saturated carbocycles. The van der Waals surface area contributed by atoms with Gasteiger partial charge in [0.05, 0.1) is 44.2 Å². The highest BCUT2D eigenvalue weighted by molar-refractivity contribution is 7.16. The number of amides is 1. The Morgan fingerprint density at radius 3 is 1.11 bits per heavy atom. The Balaban J connectivity index is 0.000000150. The van der Waals surface area contributed by atoms with Crippen LogP contribution in [0.2, 0.25) is 15.1 Å². The standard InChI is InChI=1S/C24H25ClN2O3S.C24H24ClNO4S.C22H20ClNO4S/c1-5-26-20(28)11-19-17-10-21(29)27(4)12-18(17)24-22(13(2)14(3)31-24)23(30-19)15-6-8-16(25)9-7-15;1-5-29-21(28)11-19-17-10-20(27)26(4)12-18(17)24-22(13(2)14(3)31-24)23(30-19)15-6-8-16(25)9-7-15;1-11-12(2)29-22-16-10-24(3)18(25)8-15(16)17(9-19(26)27)28-21(20(11)22)13-4-6-14(23)7-5-13/h6-10,12,19,23H,5,11H2,1-4H3,(H,26,28);6-10,12,19,23H,5,11H2,1-4H3;4-8,10,17,21H,9H2,1-3H3,(H,26,27). The summed E-state index contributed by atoms with van der Waals surface area (Å²) in [5.41, 5.74) is 13.7. The molecule has 2 N–H and O–H groups in total. The molecule has 1 amide bonds. The number of aryl methyl sites for hydroxylation is 6. The molecule has 0 saturated heterocycles. The number of aliphatic carboxylic acids is 1. The van der Waals surface area contributed by atoms with E-state index in [4.69, 9.17) is 53.8 Å². The molecule has 6 unspecified atom stereocenters. The molecule has 9 heterocycles. The molecule has 12 rings (SSSR count). The molecule has 3 aromatic carbocycles. The maximum atomic E-state index is 12.5. The first-order valence-electron chi connectivity index (χ1n) is 29.6. The second-order valence-electron chi connectivity index (χ2n) is 22.8. The van der Waals surface area contributed by atoms with Gasteiger partial charge in [0.2, 0.25) is 5.91 Å². The Bertz CT molecular complexity index is 4260. The molecule has 3 aliphatic heterocycles. The van der Waals surface area contributed by atoms with Crippen LogP contribution in [-0.2, 0) is 54.5 Å². The zero-order valence-electron chi connectivity index (χ0n) is 52.1. The van der Waals surface area contributed by atoms with Crippen LogP contribution in [0.25, 0.3) is 31.3 Å². The van der Waals surface area contributed by atoms with E-state index in [-0.39, 0.29) is 53.9 Å². The number of fused-ring (bicyclic) bond motifs is 9. The van der Waals surface area contributed by atoms with E-state index in [1.807, 2.05) is 80.0 Å². The van der Waals surface area contributed by atoms with Gasteiger partial charge in [-0.25, -0.2) is 0 Å². The number of aromatic nitrogens is 3. The van der Waals surface area contributed by atoms with Crippen LogP contribution >= 0.6 is 68.8 Å². The number of nitrogens with zero attached hydrogens (tertiary/aromatic N) is 3. The van der Waals surface area contributed by atoms with Gasteiger partial charge in [0, 0.05) is 142 Å². The number of carbonyl (C=O) groups excluding carboxylic acids is 2. The molecule has 21 heteroatoms. The number of carboxylic acid groups (broad SMARTS) is 1. The Morgan fingerprint density at radius 1 is 0.505 bits per heavy atom. The lowest BCUT2D eigenvalue weighted by atomic mass is 9.95. The van der Waals surface area contributed by atoms with Crippen LogP contribution in [0.4, 0.5) is 0 Å². The Kier molecular flexibility index (Phi) is 20.5. The van der Waals surface area contributed by atoms with Crippen LogP contribution in [0.5, 0.6) is 0 Å². The summed E-state index contributed by atoms with van der Waals surface area (Å²) >= 11 is 23.3. The third kappa shape index (κ3) is 13.9. The predicted molar refractivity (Wildman–Crippen MR) is 362 cm³/mol. The van der Waals surface area contributed by atoms with Crippen molar-refractivity contribution in [1.29, 1.82) is 0 Å². The van der Waals surface area contributed by atoms with Crippen LogP contribution in [-0.4, -0.2) is 49.8 Å². The van der Waals surface area contributed by atoms with E-state index in [0.29, 0.717) is 33.8 Å². The monoisotopic (exact) mass is 1340 g/mol. The van der Waals surface area contributed by atoms with Gasteiger partial charge in [-0.1, -0.05) is 71.2 Å². The minimum atomic E-state index is -0.977. The second-order valence-corrected chi connectivity index (χ2v) is 27.8. The number of carbonyl (C=O) groups is 3. The summed E-state index contributed by atoms with van der Waals surface area (Å²) < 4.78 is 29.6. The highest BCUT2D eigenvalue weighted by atomic mass is 35.5. The number of esters is 1. The summed E-state index contributed by atoms with van der Waals surface area (Å²) in [7, 11) is 5.18. The molecule has 3 aliphatic rings. The maximum Gasteiger partial charge on any atom is 0.308 e. The number of carboxylic acids is 1. The summed E-state index contributed by atoms with van der Waals surface area (Å²) in [6.07, 6.45) is 2.33. The number of ether oxygens (including phenoxy) is 4. The average molecular weight is 1340 g/mol. The van der Waals surface area contributed by atoms with Gasteiger partial charge in [0.25, 0.3) is 16.7 Å². The lowest BCUT2D eigenvalue weighted by Gasteiger charge is -2.24. The molecule has 0 aliphatic carbocycles. The molecule has 9 aromatic rings. The maximum absolute atomic E-state index is 12.5. The van der Waals surface area contributed by atoms with E-state index in [1.165, 1.54) is 26.0 Å².